The van der Waals surface area contributed by atoms with Gasteiger partial charge in [0.15, 0.2) is 5.82 Å². The largest absolute Gasteiger partial charge is 0.342 e. The first-order chi connectivity index (χ1) is 14.2. The van der Waals surface area contributed by atoms with E-state index in [1.807, 2.05) is 29.2 Å². The average molecular weight is 390 g/mol. The second-order valence-electron chi connectivity index (χ2n) is 7.80. The number of rotatable bonds is 6. The fourth-order valence-corrected chi connectivity index (χ4v) is 3.94. The number of aromatic nitrogens is 3. The van der Waals surface area contributed by atoms with Crippen molar-refractivity contribution < 1.29 is 9.32 Å². The molecule has 2 aromatic heterocycles. The fourth-order valence-electron chi connectivity index (χ4n) is 3.94. The van der Waals surface area contributed by atoms with Crippen LogP contribution in [0.1, 0.15) is 36.2 Å². The van der Waals surface area contributed by atoms with E-state index in [2.05, 4.69) is 34.2 Å². The van der Waals surface area contributed by atoms with E-state index in [4.69, 9.17) is 4.52 Å². The van der Waals surface area contributed by atoms with E-state index < -0.39 is 0 Å². The van der Waals surface area contributed by atoms with Gasteiger partial charge in [-0.2, -0.15) is 4.98 Å². The van der Waals surface area contributed by atoms with E-state index >= 15 is 0 Å². The number of amides is 1. The number of nitrogens with zero attached hydrogens (tertiary/aromatic N) is 4. The fraction of sp³-hybridized carbons (Fsp3) is 0.391. The lowest BCUT2D eigenvalue weighted by atomic mass is 9.93. The second kappa shape index (κ2) is 8.99. The Morgan fingerprint density at radius 1 is 1.24 bits per heavy atom. The van der Waals surface area contributed by atoms with E-state index in [0.29, 0.717) is 18.2 Å². The van der Waals surface area contributed by atoms with Gasteiger partial charge in [0.2, 0.25) is 5.91 Å². The van der Waals surface area contributed by atoms with Gasteiger partial charge in [-0.1, -0.05) is 35.0 Å². The minimum Gasteiger partial charge on any atom is -0.342 e. The molecule has 1 atom stereocenters. The number of likely N-dealkylation sites (tertiary alicyclic amines) is 1. The lowest BCUT2D eigenvalue weighted by Crippen LogP contribution is -2.40. The summed E-state index contributed by atoms with van der Waals surface area (Å²) in [6, 6.07) is 11.9. The van der Waals surface area contributed by atoms with Gasteiger partial charge in [0.25, 0.3) is 5.89 Å². The summed E-state index contributed by atoms with van der Waals surface area (Å²) in [5.74, 6) is 1.95. The molecule has 0 aliphatic carbocycles. The van der Waals surface area contributed by atoms with Crippen molar-refractivity contribution in [3.63, 3.8) is 0 Å². The number of hydrogen-bond acceptors (Lipinski definition) is 5. The molecule has 3 aromatic rings. The van der Waals surface area contributed by atoms with Crippen molar-refractivity contribution in [1.29, 1.82) is 0 Å². The molecule has 1 amide bonds. The molecule has 1 saturated heterocycles. The van der Waals surface area contributed by atoms with Crippen molar-refractivity contribution in [2.75, 3.05) is 13.1 Å². The third-order valence-electron chi connectivity index (χ3n) is 5.48. The van der Waals surface area contributed by atoms with Gasteiger partial charge in [-0.05, 0) is 49.8 Å². The van der Waals surface area contributed by atoms with Crippen molar-refractivity contribution in [3.8, 4) is 11.5 Å². The van der Waals surface area contributed by atoms with Gasteiger partial charge >= 0.3 is 0 Å². The predicted octanol–water partition coefficient (Wildman–Crippen LogP) is 3.85. The highest BCUT2D eigenvalue weighted by atomic mass is 16.5. The Morgan fingerprint density at radius 2 is 2.10 bits per heavy atom. The zero-order valence-corrected chi connectivity index (χ0v) is 16.8. The van der Waals surface area contributed by atoms with E-state index in [0.717, 1.165) is 55.7 Å². The van der Waals surface area contributed by atoms with Gasteiger partial charge in [-0.25, -0.2) is 0 Å². The van der Waals surface area contributed by atoms with Crippen LogP contribution in [0.15, 0.2) is 53.3 Å². The summed E-state index contributed by atoms with van der Waals surface area (Å²) in [5, 5.41) is 4.11. The molecule has 0 spiro atoms. The second-order valence-corrected chi connectivity index (χ2v) is 7.80. The first-order valence-electron chi connectivity index (χ1n) is 10.2. The lowest BCUT2D eigenvalue weighted by molar-refractivity contribution is -0.132. The van der Waals surface area contributed by atoms with Crippen LogP contribution in [-0.4, -0.2) is 39.0 Å². The van der Waals surface area contributed by atoms with Gasteiger partial charge in [-0.15, -0.1) is 0 Å². The molecule has 1 aliphatic heterocycles. The zero-order valence-electron chi connectivity index (χ0n) is 16.8. The highest BCUT2D eigenvalue weighted by Gasteiger charge is 2.24. The van der Waals surface area contributed by atoms with Crippen LogP contribution in [-0.2, 0) is 17.6 Å². The molecule has 1 aliphatic rings. The predicted molar refractivity (Wildman–Crippen MR) is 110 cm³/mol. The minimum atomic E-state index is 0.222. The summed E-state index contributed by atoms with van der Waals surface area (Å²) >= 11 is 0. The van der Waals surface area contributed by atoms with Crippen LogP contribution in [0.25, 0.3) is 11.5 Å². The normalized spacial score (nSPS) is 16.7. The molecule has 29 heavy (non-hydrogen) atoms. The molecular weight excluding hydrogens is 364 g/mol. The molecule has 0 N–H and O–H groups in total. The number of aryl methyl sites for hydroxylation is 2. The van der Waals surface area contributed by atoms with Gasteiger partial charge in [0.1, 0.15) is 0 Å². The quantitative estimate of drug-likeness (QED) is 0.639. The molecule has 0 bridgehead atoms. The minimum absolute atomic E-state index is 0.222. The smallest absolute Gasteiger partial charge is 0.258 e. The van der Waals surface area contributed by atoms with Gasteiger partial charge < -0.3 is 9.42 Å². The van der Waals surface area contributed by atoms with Crippen LogP contribution >= 0.6 is 0 Å². The molecule has 0 radical (unpaired) electrons. The standard InChI is InChI=1S/C23H26N4O2/c1-17-4-2-5-19(14-17)15-22(28)27-13-3-6-18(16-27)7-8-21-25-23(29-26-21)20-9-11-24-12-10-20/h2,4-5,9-12,14,18H,3,6-8,13,15-16H2,1H3. The van der Waals surface area contributed by atoms with Crippen LogP contribution in [0.5, 0.6) is 0 Å². The summed E-state index contributed by atoms with van der Waals surface area (Å²) in [7, 11) is 0. The van der Waals surface area contributed by atoms with Gasteiger partial charge in [0.05, 0.1) is 6.42 Å². The van der Waals surface area contributed by atoms with Crippen molar-refractivity contribution >= 4 is 5.91 Å². The van der Waals surface area contributed by atoms with Crippen LogP contribution in [0.2, 0.25) is 0 Å². The van der Waals surface area contributed by atoms with Crippen LogP contribution in [0, 0.1) is 12.8 Å². The van der Waals surface area contributed by atoms with Crippen LogP contribution in [0.4, 0.5) is 0 Å². The van der Waals surface area contributed by atoms with Crippen LogP contribution in [0.3, 0.4) is 0 Å². The van der Waals surface area contributed by atoms with E-state index in [-0.39, 0.29) is 5.91 Å². The number of carbonyl (C=O) groups excluding carboxylic acids is 1. The molecule has 150 valence electrons. The van der Waals surface area contributed by atoms with E-state index in [9.17, 15) is 4.79 Å². The average Bonchev–Trinajstić information content (AvgIpc) is 3.22. The summed E-state index contributed by atoms with van der Waals surface area (Å²) in [6.07, 6.45) is 7.83. The summed E-state index contributed by atoms with van der Waals surface area (Å²) in [6.45, 7) is 3.73. The third-order valence-corrected chi connectivity index (χ3v) is 5.48. The Hall–Kier alpha value is -3.02. The first-order valence-corrected chi connectivity index (χ1v) is 10.2. The molecule has 0 saturated carbocycles. The van der Waals surface area contributed by atoms with E-state index in [1.54, 1.807) is 12.4 Å². The maximum Gasteiger partial charge on any atom is 0.258 e. The molecule has 4 rings (SSSR count). The van der Waals surface area contributed by atoms with Gasteiger partial charge in [-0.3, -0.25) is 9.78 Å². The molecule has 3 heterocycles. The van der Waals surface area contributed by atoms with Crippen molar-refractivity contribution in [2.24, 2.45) is 5.92 Å². The lowest BCUT2D eigenvalue weighted by Gasteiger charge is -2.33. The summed E-state index contributed by atoms with van der Waals surface area (Å²) < 4.78 is 5.37. The Bertz CT molecular complexity index is 954. The highest BCUT2D eigenvalue weighted by Crippen LogP contribution is 2.23. The maximum atomic E-state index is 12.7. The monoisotopic (exact) mass is 390 g/mol. The Kier molecular flexibility index (Phi) is 5.98. The number of carbonyl (C=O) groups is 1. The molecular formula is C23H26N4O2. The number of pyridine rings is 1. The SMILES string of the molecule is Cc1cccc(CC(=O)N2CCCC(CCc3noc(-c4ccncc4)n3)C2)c1. The molecule has 1 aromatic carbocycles. The Labute approximate surface area is 171 Å². The maximum absolute atomic E-state index is 12.7. The topological polar surface area (TPSA) is 72.1 Å². The molecule has 1 unspecified atom stereocenters. The van der Waals surface area contributed by atoms with E-state index in [1.165, 1.54) is 5.56 Å². The molecule has 1 fully saturated rings. The number of hydrogen-bond donors (Lipinski definition) is 0. The van der Waals surface area contributed by atoms with Crippen molar-refractivity contribution in [2.45, 2.75) is 39.0 Å². The number of piperidine rings is 1. The number of benzene rings is 1. The summed E-state index contributed by atoms with van der Waals surface area (Å²) in [4.78, 5) is 23.3. The molecule has 6 heteroatoms. The molecule has 6 nitrogen and oxygen atoms in total. The zero-order chi connectivity index (χ0) is 20.1. The van der Waals surface area contributed by atoms with Crippen molar-refractivity contribution in [1.82, 2.24) is 20.0 Å². The summed E-state index contributed by atoms with van der Waals surface area (Å²) in [5.41, 5.74) is 3.16. The van der Waals surface area contributed by atoms with Crippen molar-refractivity contribution in [3.05, 3.63) is 65.7 Å². The Morgan fingerprint density at radius 3 is 2.93 bits per heavy atom. The Balaban J connectivity index is 1.30. The third kappa shape index (κ3) is 5.08. The first kappa shape index (κ1) is 19.3. The van der Waals surface area contributed by atoms with Crippen LogP contribution < -0.4 is 0 Å². The highest BCUT2D eigenvalue weighted by molar-refractivity contribution is 5.78. The van der Waals surface area contributed by atoms with Gasteiger partial charge in [0, 0.05) is 37.5 Å².